The van der Waals surface area contributed by atoms with Crippen LogP contribution in [0.2, 0.25) is 0 Å². The first-order valence-electron chi connectivity index (χ1n) is 10.5. The topological polar surface area (TPSA) is 43.2 Å². The molecule has 31 heavy (non-hydrogen) atoms. The van der Waals surface area contributed by atoms with Gasteiger partial charge in [0.15, 0.2) is 11.4 Å². The first-order valence-corrected chi connectivity index (χ1v) is 11.4. The van der Waals surface area contributed by atoms with Gasteiger partial charge in [0.2, 0.25) is 0 Å². The zero-order valence-electron chi connectivity index (χ0n) is 19.0. The molecule has 1 unspecified atom stereocenters. The first-order chi connectivity index (χ1) is 14.6. The third-order valence-electron chi connectivity index (χ3n) is 5.12. The summed E-state index contributed by atoms with van der Waals surface area (Å²) in [6, 6.07) is 8.27. The van der Waals surface area contributed by atoms with Crippen LogP contribution in [0.25, 0.3) is 5.00 Å². The van der Waals surface area contributed by atoms with Crippen molar-refractivity contribution in [2.24, 2.45) is 0 Å². The van der Waals surface area contributed by atoms with Crippen LogP contribution in [0.4, 0.5) is 5.13 Å². The van der Waals surface area contributed by atoms with Crippen LogP contribution < -0.4 is 9.64 Å². The molecule has 0 aliphatic carbocycles. The number of benzene rings is 1. The van der Waals surface area contributed by atoms with Crippen molar-refractivity contribution in [3.05, 3.63) is 78.7 Å². The second kappa shape index (κ2) is 8.00. The van der Waals surface area contributed by atoms with E-state index in [0.717, 1.165) is 21.6 Å². The van der Waals surface area contributed by atoms with Crippen molar-refractivity contribution in [2.75, 3.05) is 4.90 Å². The average Bonchev–Trinajstić information content (AvgIpc) is 3.37. The smallest absolute Gasteiger partial charge is 0.197 e. The number of nitrogens with zero attached hydrogens (tertiary/aromatic N) is 4. The molecule has 3 aromatic rings. The van der Waals surface area contributed by atoms with E-state index < -0.39 is 0 Å². The van der Waals surface area contributed by atoms with Gasteiger partial charge in [-0.3, -0.25) is 9.47 Å². The molecule has 2 aromatic heterocycles. The second-order valence-electron chi connectivity index (χ2n) is 9.76. The third-order valence-corrected chi connectivity index (χ3v) is 6.20. The quantitative estimate of drug-likeness (QED) is 0.489. The summed E-state index contributed by atoms with van der Waals surface area (Å²) >= 11 is 1.65. The largest absolute Gasteiger partial charge is 0.466 e. The number of para-hydroxylation sites is 1. The number of ether oxygens (including phenoxy) is 1. The molecule has 0 spiro atoms. The molecule has 1 aromatic carbocycles. The van der Waals surface area contributed by atoms with Crippen molar-refractivity contribution in [1.82, 2.24) is 14.5 Å². The predicted molar refractivity (Wildman–Crippen MR) is 128 cm³/mol. The minimum Gasteiger partial charge on any atom is -0.466 e. The van der Waals surface area contributed by atoms with Crippen LogP contribution in [0.1, 0.15) is 52.8 Å². The van der Waals surface area contributed by atoms with E-state index in [9.17, 15) is 0 Å². The molecule has 5 nitrogen and oxygen atoms in total. The Balaban J connectivity index is 1.72. The van der Waals surface area contributed by atoms with Crippen molar-refractivity contribution in [1.29, 1.82) is 0 Å². The molecule has 3 heterocycles. The van der Waals surface area contributed by atoms with Crippen molar-refractivity contribution in [2.45, 2.75) is 58.6 Å². The van der Waals surface area contributed by atoms with E-state index in [-0.39, 0.29) is 17.1 Å². The van der Waals surface area contributed by atoms with Crippen molar-refractivity contribution < 1.29 is 4.74 Å². The van der Waals surface area contributed by atoms with E-state index in [1.54, 1.807) is 17.5 Å². The summed E-state index contributed by atoms with van der Waals surface area (Å²) in [5.41, 5.74) is 2.12. The number of allylic oxidation sites excluding steroid dienone is 2. The Hall–Kier alpha value is -2.86. The van der Waals surface area contributed by atoms with Gasteiger partial charge in [-0.15, -0.1) is 0 Å². The van der Waals surface area contributed by atoms with E-state index in [1.807, 2.05) is 47.6 Å². The maximum Gasteiger partial charge on any atom is 0.197 e. The highest BCUT2D eigenvalue weighted by Gasteiger charge is 2.29. The minimum atomic E-state index is -0.275. The van der Waals surface area contributed by atoms with Gasteiger partial charge in [-0.25, -0.2) is 9.97 Å². The Morgan fingerprint density at radius 2 is 1.77 bits per heavy atom. The highest BCUT2D eigenvalue weighted by Crippen LogP contribution is 2.39. The summed E-state index contributed by atoms with van der Waals surface area (Å²) < 4.78 is 8.58. The van der Waals surface area contributed by atoms with Crippen LogP contribution in [-0.2, 0) is 10.8 Å². The van der Waals surface area contributed by atoms with Crippen LogP contribution >= 0.6 is 11.3 Å². The Kier molecular flexibility index (Phi) is 5.52. The molecule has 0 amide bonds. The molecule has 0 bridgehead atoms. The molecule has 162 valence electrons. The van der Waals surface area contributed by atoms with Gasteiger partial charge in [0.1, 0.15) is 10.8 Å². The molecule has 0 radical (unpaired) electrons. The van der Waals surface area contributed by atoms with Gasteiger partial charge in [0.05, 0.1) is 12.0 Å². The molecule has 1 aliphatic heterocycles. The number of rotatable bonds is 4. The Labute approximate surface area is 188 Å². The van der Waals surface area contributed by atoms with Gasteiger partial charge in [0.25, 0.3) is 0 Å². The molecule has 1 atom stereocenters. The predicted octanol–water partition coefficient (Wildman–Crippen LogP) is 6.22. The highest BCUT2D eigenvalue weighted by atomic mass is 32.1. The van der Waals surface area contributed by atoms with Crippen LogP contribution in [0, 0.1) is 0 Å². The fourth-order valence-electron chi connectivity index (χ4n) is 3.52. The van der Waals surface area contributed by atoms with Gasteiger partial charge in [0, 0.05) is 24.0 Å². The molecule has 1 aliphatic rings. The summed E-state index contributed by atoms with van der Waals surface area (Å²) in [7, 11) is 0. The Morgan fingerprint density at radius 3 is 2.45 bits per heavy atom. The van der Waals surface area contributed by atoms with Crippen LogP contribution in [0.15, 0.2) is 67.4 Å². The van der Waals surface area contributed by atoms with Crippen LogP contribution in [-0.4, -0.2) is 20.8 Å². The van der Waals surface area contributed by atoms with E-state index in [2.05, 4.69) is 69.6 Å². The lowest BCUT2D eigenvalue weighted by atomic mass is 9.86. The lowest BCUT2D eigenvalue weighted by molar-refractivity contribution is 0.246. The number of anilines is 1. The maximum absolute atomic E-state index is 6.54. The zero-order chi connectivity index (χ0) is 22.2. The molecule has 4 rings (SSSR count). The molecular formula is C25H30N4OS. The third kappa shape index (κ3) is 4.44. The van der Waals surface area contributed by atoms with E-state index in [1.165, 1.54) is 5.56 Å². The summed E-state index contributed by atoms with van der Waals surface area (Å²) in [5, 5.41) is 1.98. The lowest BCUT2D eigenvalue weighted by Crippen LogP contribution is -2.36. The summed E-state index contributed by atoms with van der Waals surface area (Å²) in [6.45, 7) is 13.2. The van der Waals surface area contributed by atoms with Gasteiger partial charge >= 0.3 is 0 Å². The van der Waals surface area contributed by atoms with Crippen molar-refractivity contribution in [3.63, 3.8) is 0 Å². The summed E-state index contributed by atoms with van der Waals surface area (Å²) in [5.74, 6) is 0.896. The SMILES string of the molecule is CC(C)(C)c1ccccc1OC1C=CC=CN1c1nc(C(C)(C)C)c(-n2ccnc2)s1. The van der Waals surface area contributed by atoms with Crippen LogP contribution in [0.3, 0.4) is 0 Å². The highest BCUT2D eigenvalue weighted by molar-refractivity contribution is 7.18. The number of aromatic nitrogens is 3. The van der Waals surface area contributed by atoms with Crippen LogP contribution in [0.5, 0.6) is 5.75 Å². The lowest BCUT2D eigenvalue weighted by Gasteiger charge is -2.31. The number of hydrogen-bond acceptors (Lipinski definition) is 5. The van der Waals surface area contributed by atoms with Gasteiger partial charge < -0.3 is 4.74 Å². The number of imidazole rings is 1. The monoisotopic (exact) mass is 434 g/mol. The Morgan fingerprint density at radius 1 is 1.00 bits per heavy atom. The van der Waals surface area contributed by atoms with Gasteiger partial charge in [-0.05, 0) is 29.2 Å². The van der Waals surface area contributed by atoms with E-state index in [4.69, 9.17) is 9.72 Å². The number of hydrogen-bond donors (Lipinski definition) is 0. The minimum absolute atomic E-state index is 0.00910. The van der Waals surface area contributed by atoms with E-state index >= 15 is 0 Å². The fourth-order valence-corrected chi connectivity index (χ4v) is 4.76. The standard InChI is InChI=1S/C25H30N4OS/c1-24(2,3)18-11-7-8-12-19(18)30-20-13-9-10-15-29(20)23-27-21(25(4,5)6)22(31-23)28-16-14-26-17-28/h7-17,20H,1-6H3. The normalized spacial score (nSPS) is 16.7. The van der Waals surface area contributed by atoms with Crippen molar-refractivity contribution >= 4 is 16.5 Å². The number of thiazole rings is 1. The molecule has 0 N–H and O–H groups in total. The zero-order valence-corrected chi connectivity index (χ0v) is 19.9. The second-order valence-corrected chi connectivity index (χ2v) is 10.7. The average molecular weight is 435 g/mol. The molecule has 0 saturated carbocycles. The molecule has 0 fully saturated rings. The molecule has 0 saturated heterocycles. The summed E-state index contributed by atoms with van der Waals surface area (Å²) in [4.78, 5) is 11.4. The summed E-state index contributed by atoms with van der Waals surface area (Å²) in [6.07, 6.45) is 13.5. The fraction of sp³-hybridized carbons (Fsp3) is 0.360. The first kappa shape index (κ1) is 21.4. The van der Waals surface area contributed by atoms with Crippen molar-refractivity contribution in [3.8, 4) is 10.8 Å². The molecule has 6 heteroatoms. The maximum atomic E-state index is 6.54. The molecular weight excluding hydrogens is 404 g/mol. The van der Waals surface area contributed by atoms with Gasteiger partial charge in [-0.2, -0.15) is 0 Å². The van der Waals surface area contributed by atoms with E-state index in [0.29, 0.717) is 0 Å². The van der Waals surface area contributed by atoms with Gasteiger partial charge in [-0.1, -0.05) is 77.2 Å². The Bertz CT molecular complexity index is 1100.